The van der Waals surface area contributed by atoms with Crippen LogP contribution in [0.15, 0.2) is 33.6 Å². The number of carbonyl (C=O) groups is 2. The van der Waals surface area contributed by atoms with Crippen LogP contribution < -0.4 is 9.47 Å². The Labute approximate surface area is 222 Å². The van der Waals surface area contributed by atoms with Gasteiger partial charge in [-0.2, -0.15) is 0 Å². The number of nitrogens with zero attached hydrogens (tertiary/aromatic N) is 1. The molecule has 0 bridgehead atoms. The van der Waals surface area contributed by atoms with Crippen LogP contribution in [0.2, 0.25) is 0 Å². The molecule has 0 radical (unpaired) electrons. The third-order valence-corrected chi connectivity index (χ3v) is 7.72. The van der Waals surface area contributed by atoms with Crippen LogP contribution in [0.25, 0.3) is 17.4 Å². The van der Waals surface area contributed by atoms with E-state index in [2.05, 4.69) is 13.8 Å². The highest BCUT2D eigenvalue weighted by atomic mass is 32.2. The molecule has 1 amide bonds. The van der Waals surface area contributed by atoms with Crippen LogP contribution in [-0.4, -0.2) is 55.9 Å². The number of ether oxygens (including phenoxy) is 3. The number of likely N-dealkylation sites (N-methyl/N-ethyl adjacent to an activating group) is 1. The van der Waals surface area contributed by atoms with Crippen molar-refractivity contribution in [1.29, 1.82) is 0 Å². The lowest BCUT2D eigenvalue weighted by Gasteiger charge is -2.28. The lowest BCUT2D eigenvalue weighted by Crippen LogP contribution is -2.39. The highest BCUT2D eigenvalue weighted by molar-refractivity contribution is 8.24. The van der Waals surface area contributed by atoms with E-state index in [-0.39, 0.29) is 23.3 Å². The van der Waals surface area contributed by atoms with E-state index in [0.29, 0.717) is 39.6 Å². The van der Waals surface area contributed by atoms with Gasteiger partial charge in [-0.05, 0) is 48.9 Å². The summed E-state index contributed by atoms with van der Waals surface area (Å²) in [6, 6.07) is 7.08. The fraction of sp³-hybridized carbons (Fsp3) is 0.444. The Morgan fingerprint density at radius 3 is 2.53 bits per heavy atom. The number of methoxy groups -OCH3 is 3. The highest BCUT2D eigenvalue weighted by Gasteiger charge is 2.35. The molecule has 0 saturated heterocycles. The van der Waals surface area contributed by atoms with E-state index in [4.69, 9.17) is 30.8 Å². The summed E-state index contributed by atoms with van der Waals surface area (Å²) in [6.07, 6.45) is 4.98. The Bertz CT molecular complexity index is 1140. The molecule has 1 aromatic carbocycles. The first-order valence-electron chi connectivity index (χ1n) is 11.8. The molecule has 3 unspecified atom stereocenters. The maximum Gasteiger partial charge on any atom is 0.341 e. The molecule has 36 heavy (non-hydrogen) atoms. The van der Waals surface area contributed by atoms with E-state index in [1.165, 1.54) is 37.8 Å². The van der Waals surface area contributed by atoms with Crippen LogP contribution >= 0.6 is 24.0 Å². The van der Waals surface area contributed by atoms with Crippen molar-refractivity contribution in [2.45, 2.75) is 39.2 Å². The third-order valence-electron chi connectivity index (χ3n) is 6.79. The zero-order chi connectivity index (χ0) is 26.4. The van der Waals surface area contributed by atoms with Crippen molar-refractivity contribution in [2.75, 3.05) is 28.4 Å². The molecule has 0 spiro atoms. The van der Waals surface area contributed by atoms with Crippen molar-refractivity contribution in [3.63, 3.8) is 0 Å². The van der Waals surface area contributed by atoms with Gasteiger partial charge >= 0.3 is 5.97 Å². The summed E-state index contributed by atoms with van der Waals surface area (Å²) in [6.45, 7) is 4.42. The summed E-state index contributed by atoms with van der Waals surface area (Å²) in [5.41, 5.74) is 0.818. The predicted molar refractivity (Wildman–Crippen MR) is 147 cm³/mol. The molecule has 1 heterocycles. The van der Waals surface area contributed by atoms with Crippen LogP contribution in [0.4, 0.5) is 0 Å². The van der Waals surface area contributed by atoms with Gasteiger partial charge in [-0.25, -0.2) is 4.79 Å². The monoisotopic (exact) mass is 531 g/mol. The van der Waals surface area contributed by atoms with Gasteiger partial charge in [0.2, 0.25) is 0 Å². The molecule has 7 nitrogen and oxygen atoms in total. The molecule has 194 valence electrons. The van der Waals surface area contributed by atoms with Gasteiger partial charge < -0.3 is 23.5 Å². The van der Waals surface area contributed by atoms with Crippen molar-refractivity contribution < 1.29 is 28.2 Å². The Balaban J connectivity index is 1.92. The number of furan rings is 1. The first-order chi connectivity index (χ1) is 17.3. The maximum atomic E-state index is 13.4. The highest BCUT2D eigenvalue weighted by Crippen LogP contribution is 2.39. The van der Waals surface area contributed by atoms with Crippen LogP contribution in [0, 0.1) is 11.8 Å². The van der Waals surface area contributed by atoms with E-state index >= 15 is 0 Å². The van der Waals surface area contributed by atoms with E-state index in [0.717, 1.165) is 19.3 Å². The molecule has 1 saturated carbocycles. The molecule has 1 fully saturated rings. The number of esters is 1. The van der Waals surface area contributed by atoms with Gasteiger partial charge in [-0.15, -0.1) is 0 Å². The van der Waals surface area contributed by atoms with Crippen molar-refractivity contribution in [1.82, 2.24) is 4.90 Å². The van der Waals surface area contributed by atoms with Gasteiger partial charge in [0.1, 0.15) is 17.1 Å². The molecule has 1 aliphatic rings. The van der Waals surface area contributed by atoms with Gasteiger partial charge in [0.05, 0.1) is 26.2 Å². The minimum absolute atomic E-state index is 0.0771. The maximum absolute atomic E-state index is 13.4. The van der Waals surface area contributed by atoms with E-state index in [1.54, 1.807) is 30.3 Å². The standard InChI is InChI=1S/C27H33NO6S2/c1-7-17-10-16(2)21(11-17)28(3)26(29)24(36-15-35)14-19-8-9-22(34-19)18-12-20(27(30)33-6)25(32-5)23(13-18)31-4/h8-9,12-17,21H,7,10-11H2,1-6H3/b24-14-. The largest absolute Gasteiger partial charge is 0.493 e. The third kappa shape index (κ3) is 5.95. The van der Waals surface area contributed by atoms with Gasteiger partial charge in [-0.1, -0.05) is 44.2 Å². The summed E-state index contributed by atoms with van der Waals surface area (Å²) in [5.74, 6) is 2.10. The predicted octanol–water partition coefficient (Wildman–Crippen LogP) is 6.06. The second-order valence-corrected chi connectivity index (χ2v) is 10.3. The van der Waals surface area contributed by atoms with Crippen molar-refractivity contribution >= 4 is 46.6 Å². The number of carbonyl (C=O) groups excluding carboxylic acids is 2. The Morgan fingerprint density at radius 2 is 1.94 bits per heavy atom. The number of hydrogen-bond donors (Lipinski definition) is 0. The first kappa shape index (κ1) is 27.8. The molecular weight excluding hydrogens is 498 g/mol. The van der Waals surface area contributed by atoms with Gasteiger partial charge in [0.15, 0.2) is 11.5 Å². The van der Waals surface area contributed by atoms with Crippen LogP contribution in [0.3, 0.4) is 0 Å². The second-order valence-electron chi connectivity index (χ2n) is 8.88. The van der Waals surface area contributed by atoms with E-state index < -0.39 is 5.97 Å². The Kier molecular flexibility index (Phi) is 9.62. The lowest BCUT2D eigenvalue weighted by atomic mass is 10.0. The van der Waals surface area contributed by atoms with Crippen LogP contribution in [0.1, 0.15) is 49.2 Å². The SMILES string of the molecule is CCC1CC(C)C(N(C)C(=O)/C(=C/c2ccc(-c3cc(OC)c(OC)c(C(=O)OC)c3)o2)SC=S)C1. The van der Waals surface area contributed by atoms with Crippen molar-refractivity contribution in [3.05, 3.63) is 40.5 Å². The first-order valence-corrected chi connectivity index (χ1v) is 13.2. The average molecular weight is 532 g/mol. The van der Waals surface area contributed by atoms with Crippen LogP contribution in [0.5, 0.6) is 11.5 Å². The summed E-state index contributed by atoms with van der Waals surface area (Å²) < 4.78 is 23.2. The fourth-order valence-electron chi connectivity index (χ4n) is 4.83. The Morgan fingerprint density at radius 1 is 1.19 bits per heavy atom. The van der Waals surface area contributed by atoms with Crippen molar-refractivity contribution in [2.24, 2.45) is 11.8 Å². The quantitative estimate of drug-likeness (QED) is 0.208. The van der Waals surface area contributed by atoms with Gasteiger partial charge in [0, 0.05) is 29.4 Å². The Hall–Kier alpha value is -2.78. The zero-order valence-electron chi connectivity index (χ0n) is 21.5. The lowest BCUT2D eigenvalue weighted by molar-refractivity contribution is -0.127. The minimum Gasteiger partial charge on any atom is -0.493 e. The number of thioether (sulfide) groups is 1. The second kappa shape index (κ2) is 12.5. The van der Waals surface area contributed by atoms with Crippen LogP contribution in [-0.2, 0) is 9.53 Å². The summed E-state index contributed by atoms with van der Waals surface area (Å²) in [7, 11) is 6.11. The normalized spacial score (nSPS) is 19.6. The minimum atomic E-state index is -0.557. The van der Waals surface area contributed by atoms with Crippen molar-refractivity contribution in [3.8, 4) is 22.8 Å². The molecule has 3 rings (SSSR count). The number of thiocarbonyl (C=S) groups is 1. The number of amides is 1. The smallest absolute Gasteiger partial charge is 0.341 e. The molecule has 2 aromatic rings. The zero-order valence-corrected chi connectivity index (χ0v) is 23.2. The van der Waals surface area contributed by atoms with E-state index in [1.807, 2.05) is 11.9 Å². The molecule has 1 aliphatic carbocycles. The molecule has 9 heteroatoms. The summed E-state index contributed by atoms with van der Waals surface area (Å²) in [4.78, 5) is 28.1. The average Bonchev–Trinajstić information content (AvgIpc) is 3.52. The molecule has 3 atom stereocenters. The molecule has 1 aromatic heterocycles. The van der Waals surface area contributed by atoms with Gasteiger partial charge in [-0.3, -0.25) is 4.79 Å². The summed E-state index contributed by atoms with van der Waals surface area (Å²) in [5, 5.41) is 0. The number of hydrogen-bond acceptors (Lipinski definition) is 8. The van der Waals surface area contributed by atoms with Gasteiger partial charge in [0.25, 0.3) is 5.91 Å². The summed E-state index contributed by atoms with van der Waals surface area (Å²) >= 11 is 6.26. The topological polar surface area (TPSA) is 78.2 Å². The van der Waals surface area contributed by atoms with E-state index in [9.17, 15) is 9.59 Å². The number of benzene rings is 1. The fourth-order valence-corrected chi connectivity index (χ4v) is 5.68. The molecular formula is C27H33NO6S2. The molecule has 0 N–H and O–H groups in total. The molecule has 0 aliphatic heterocycles. The number of rotatable bonds is 10.